The molecule has 0 unspecified atom stereocenters. The number of benzene rings is 1. The van der Waals surface area contributed by atoms with Crippen molar-refractivity contribution in [2.45, 2.75) is 17.1 Å². The van der Waals surface area contributed by atoms with E-state index in [9.17, 15) is 22.0 Å². The molecule has 0 aliphatic carbocycles. The van der Waals surface area contributed by atoms with E-state index in [0.29, 0.717) is 10.7 Å². The number of carbonyl (C=O) groups excluding carboxylic acids is 1. The highest BCUT2D eigenvalue weighted by molar-refractivity contribution is 7.91. The van der Waals surface area contributed by atoms with Crippen LogP contribution in [0, 0.1) is 0 Å². The molecule has 1 N–H and O–H groups in total. The number of pyridine rings is 1. The van der Waals surface area contributed by atoms with Crippen LogP contribution in [0.25, 0.3) is 10.6 Å². The number of nitrogens with zero attached hydrogens (tertiary/aromatic N) is 2. The molecule has 140 valence electrons. The van der Waals surface area contributed by atoms with E-state index < -0.39 is 26.4 Å². The highest BCUT2D eigenvalue weighted by Gasteiger charge is 2.29. The van der Waals surface area contributed by atoms with Gasteiger partial charge in [-0.05, 0) is 24.3 Å². The van der Waals surface area contributed by atoms with Crippen molar-refractivity contribution in [1.29, 1.82) is 0 Å². The Labute approximate surface area is 157 Å². The van der Waals surface area contributed by atoms with Crippen LogP contribution in [0.2, 0.25) is 0 Å². The van der Waals surface area contributed by atoms with Crippen LogP contribution in [0.15, 0.2) is 59.1 Å². The average Bonchev–Trinajstić information content (AvgIpc) is 3.11. The second kappa shape index (κ2) is 7.89. The number of sulfone groups is 1. The molecule has 1 aromatic carbocycles. The lowest BCUT2D eigenvalue weighted by Gasteiger charge is -2.10. The van der Waals surface area contributed by atoms with Gasteiger partial charge in [0.15, 0.2) is 0 Å². The maximum absolute atomic E-state index is 12.8. The fraction of sp³-hybridized carbons (Fsp3) is 0.118. The van der Waals surface area contributed by atoms with Gasteiger partial charge < -0.3 is 5.32 Å². The zero-order chi connectivity index (χ0) is 19.4. The van der Waals surface area contributed by atoms with Gasteiger partial charge in [-0.1, -0.05) is 12.1 Å². The number of para-hydroxylation sites is 1. The number of hydrogen-bond donors (Lipinski definition) is 1. The van der Waals surface area contributed by atoms with Crippen LogP contribution in [0.3, 0.4) is 0 Å². The molecule has 2 aromatic heterocycles. The quantitative estimate of drug-likeness (QED) is 0.674. The number of aromatic nitrogens is 2. The van der Waals surface area contributed by atoms with Crippen molar-refractivity contribution in [1.82, 2.24) is 9.97 Å². The van der Waals surface area contributed by atoms with Gasteiger partial charge in [-0.25, -0.2) is 13.4 Å². The number of carbonyl (C=O) groups is 1. The van der Waals surface area contributed by atoms with Gasteiger partial charge in [0.1, 0.15) is 5.01 Å². The summed E-state index contributed by atoms with van der Waals surface area (Å²) in [6.07, 6.45) is 3.16. The monoisotopic (exact) mass is 409 g/mol. The van der Waals surface area contributed by atoms with E-state index in [1.165, 1.54) is 29.5 Å². The maximum Gasteiger partial charge on any atom is 0.341 e. The lowest BCUT2D eigenvalue weighted by molar-refractivity contribution is -0.115. The molecule has 2 heterocycles. The third kappa shape index (κ3) is 4.34. The molecular weight excluding hydrogens is 396 g/mol. The highest BCUT2D eigenvalue weighted by Crippen LogP contribution is 2.27. The Morgan fingerprint density at radius 2 is 1.96 bits per heavy atom. The molecule has 27 heavy (non-hydrogen) atoms. The molecule has 0 aliphatic heterocycles. The second-order valence-corrected chi connectivity index (χ2v) is 8.16. The minimum Gasteiger partial charge on any atom is -0.325 e. The SMILES string of the molecule is O=C(Cc1csc(-c2cccnc2)n1)Nc1ccccc1S(=O)(=O)C(F)F. The van der Waals surface area contributed by atoms with Crippen molar-refractivity contribution in [3.05, 3.63) is 59.9 Å². The number of halogens is 2. The molecule has 0 bridgehead atoms. The molecule has 3 rings (SSSR count). The van der Waals surface area contributed by atoms with Crippen LogP contribution in [0.1, 0.15) is 5.69 Å². The van der Waals surface area contributed by atoms with Crippen LogP contribution in [0.4, 0.5) is 14.5 Å². The summed E-state index contributed by atoms with van der Waals surface area (Å²) in [6.45, 7) is 0. The fourth-order valence-electron chi connectivity index (χ4n) is 2.28. The van der Waals surface area contributed by atoms with E-state index in [4.69, 9.17) is 0 Å². The average molecular weight is 409 g/mol. The van der Waals surface area contributed by atoms with Crippen LogP contribution >= 0.6 is 11.3 Å². The van der Waals surface area contributed by atoms with Gasteiger partial charge in [0, 0.05) is 23.3 Å². The van der Waals surface area contributed by atoms with Gasteiger partial charge in [-0.15, -0.1) is 11.3 Å². The van der Waals surface area contributed by atoms with Crippen molar-refractivity contribution < 1.29 is 22.0 Å². The molecule has 0 spiro atoms. The number of amides is 1. The van der Waals surface area contributed by atoms with E-state index in [-0.39, 0.29) is 12.1 Å². The molecule has 3 aromatic rings. The predicted molar refractivity (Wildman–Crippen MR) is 97.3 cm³/mol. The number of nitrogens with one attached hydrogen (secondary N) is 1. The summed E-state index contributed by atoms with van der Waals surface area (Å²) in [5, 5.41) is 4.75. The summed E-state index contributed by atoms with van der Waals surface area (Å²) in [6, 6.07) is 8.65. The standard InChI is InChI=1S/C17H13F2N3O3S2/c18-17(19)27(24,25)14-6-2-1-5-13(14)22-15(23)8-12-10-26-16(21-12)11-4-3-7-20-9-11/h1-7,9-10,17H,8H2,(H,22,23). The number of alkyl halides is 2. The molecule has 10 heteroatoms. The van der Waals surface area contributed by atoms with Crippen molar-refractivity contribution in [2.24, 2.45) is 0 Å². The largest absolute Gasteiger partial charge is 0.341 e. The first kappa shape index (κ1) is 19.1. The first-order chi connectivity index (χ1) is 12.9. The summed E-state index contributed by atoms with van der Waals surface area (Å²) in [5.41, 5.74) is 1.10. The third-order valence-corrected chi connectivity index (χ3v) is 5.88. The Morgan fingerprint density at radius 3 is 2.67 bits per heavy atom. The zero-order valence-electron chi connectivity index (χ0n) is 13.7. The van der Waals surface area contributed by atoms with Crippen LogP contribution in [-0.4, -0.2) is 30.1 Å². The Bertz CT molecular complexity index is 1050. The normalized spacial score (nSPS) is 11.5. The summed E-state index contributed by atoms with van der Waals surface area (Å²) >= 11 is 1.34. The van der Waals surface area contributed by atoms with Gasteiger partial charge in [-0.3, -0.25) is 9.78 Å². The van der Waals surface area contributed by atoms with Crippen molar-refractivity contribution in [3.63, 3.8) is 0 Å². The third-order valence-electron chi connectivity index (χ3n) is 3.50. The molecule has 0 fully saturated rings. The Balaban J connectivity index is 1.75. The smallest absolute Gasteiger partial charge is 0.325 e. The summed E-state index contributed by atoms with van der Waals surface area (Å²) in [5.74, 6) is -4.13. The molecular formula is C17H13F2N3O3S2. The molecule has 0 atom stereocenters. The second-order valence-electron chi connectivity index (χ2n) is 5.41. The van der Waals surface area contributed by atoms with E-state index in [1.807, 2.05) is 6.07 Å². The Kier molecular flexibility index (Phi) is 5.57. The van der Waals surface area contributed by atoms with Crippen molar-refractivity contribution >= 4 is 32.8 Å². The van der Waals surface area contributed by atoms with Gasteiger partial charge >= 0.3 is 5.76 Å². The molecule has 0 saturated heterocycles. The van der Waals surface area contributed by atoms with E-state index in [0.717, 1.165) is 11.6 Å². The molecule has 6 nitrogen and oxygen atoms in total. The molecule has 0 radical (unpaired) electrons. The number of rotatable bonds is 6. The van der Waals surface area contributed by atoms with Crippen molar-refractivity contribution in [3.8, 4) is 10.6 Å². The number of thiazole rings is 1. The molecule has 1 amide bonds. The van der Waals surface area contributed by atoms with E-state index in [1.54, 1.807) is 23.8 Å². The number of hydrogen-bond acceptors (Lipinski definition) is 6. The van der Waals surface area contributed by atoms with Crippen molar-refractivity contribution in [2.75, 3.05) is 5.32 Å². The van der Waals surface area contributed by atoms with Crippen LogP contribution in [-0.2, 0) is 21.1 Å². The van der Waals surface area contributed by atoms with Gasteiger partial charge in [-0.2, -0.15) is 8.78 Å². The first-order valence-corrected chi connectivity index (χ1v) is 10.1. The fourth-order valence-corrected chi connectivity index (χ4v) is 3.98. The minimum absolute atomic E-state index is 0.125. The first-order valence-electron chi connectivity index (χ1n) is 7.63. The predicted octanol–water partition coefficient (Wildman–Crippen LogP) is 3.38. The Hall–Kier alpha value is -2.72. The summed E-state index contributed by atoms with van der Waals surface area (Å²) < 4.78 is 49.1. The minimum atomic E-state index is -4.83. The molecule has 0 aliphatic rings. The lowest BCUT2D eigenvalue weighted by Crippen LogP contribution is -2.19. The maximum atomic E-state index is 12.8. The Morgan fingerprint density at radius 1 is 1.19 bits per heavy atom. The molecule has 0 saturated carbocycles. The summed E-state index contributed by atoms with van der Waals surface area (Å²) in [7, 11) is -4.83. The lowest BCUT2D eigenvalue weighted by atomic mass is 10.2. The summed E-state index contributed by atoms with van der Waals surface area (Å²) in [4.78, 5) is 20.0. The number of anilines is 1. The van der Waals surface area contributed by atoms with E-state index >= 15 is 0 Å². The van der Waals surface area contributed by atoms with Gasteiger partial charge in [0.05, 0.1) is 22.7 Å². The highest BCUT2D eigenvalue weighted by atomic mass is 32.2. The van der Waals surface area contributed by atoms with Gasteiger partial charge in [0.2, 0.25) is 15.7 Å². The van der Waals surface area contributed by atoms with E-state index in [2.05, 4.69) is 15.3 Å². The van der Waals surface area contributed by atoms with Gasteiger partial charge in [0.25, 0.3) is 0 Å². The topological polar surface area (TPSA) is 89.0 Å². The van der Waals surface area contributed by atoms with Crippen LogP contribution in [0.5, 0.6) is 0 Å². The zero-order valence-corrected chi connectivity index (χ0v) is 15.3. The van der Waals surface area contributed by atoms with Crippen LogP contribution < -0.4 is 5.32 Å².